The summed E-state index contributed by atoms with van der Waals surface area (Å²) in [6.07, 6.45) is 0. The van der Waals surface area contributed by atoms with Gasteiger partial charge in [0.25, 0.3) is 5.56 Å². The summed E-state index contributed by atoms with van der Waals surface area (Å²) in [5, 5.41) is 9.27. The molecule has 0 unspecified atom stereocenters. The van der Waals surface area contributed by atoms with Crippen LogP contribution in [0, 0.1) is 24.1 Å². The first kappa shape index (κ1) is 16.5. The number of rotatable bonds is 4. The van der Waals surface area contributed by atoms with Gasteiger partial charge in [-0.3, -0.25) is 4.79 Å². The first-order chi connectivity index (χ1) is 12.1. The van der Waals surface area contributed by atoms with Crippen LogP contribution in [0.15, 0.2) is 59.4 Å². The van der Waals surface area contributed by atoms with Gasteiger partial charge in [-0.05, 0) is 42.3 Å². The minimum atomic E-state index is -0.404. The van der Waals surface area contributed by atoms with Gasteiger partial charge in [-0.1, -0.05) is 24.3 Å². The number of pyridine rings is 1. The van der Waals surface area contributed by atoms with E-state index in [2.05, 4.69) is 4.98 Å². The molecule has 1 heterocycles. The lowest BCUT2D eigenvalue weighted by Crippen LogP contribution is -2.12. The van der Waals surface area contributed by atoms with Gasteiger partial charge < -0.3 is 9.72 Å². The predicted molar refractivity (Wildman–Crippen MR) is 92.7 cm³/mol. The number of halogens is 1. The zero-order valence-electron chi connectivity index (χ0n) is 13.5. The lowest BCUT2D eigenvalue weighted by atomic mass is 9.99. The third-order valence-electron chi connectivity index (χ3n) is 3.72. The van der Waals surface area contributed by atoms with Gasteiger partial charge >= 0.3 is 0 Å². The molecule has 0 fully saturated rings. The Hall–Kier alpha value is -3.39. The van der Waals surface area contributed by atoms with Gasteiger partial charge in [0.1, 0.15) is 29.8 Å². The van der Waals surface area contributed by atoms with Crippen molar-refractivity contribution in [3.05, 3.63) is 87.6 Å². The Morgan fingerprint density at radius 3 is 2.72 bits per heavy atom. The van der Waals surface area contributed by atoms with Gasteiger partial charge in [0.2, 0.25) is 0 Å². The minimum Gasteiger partial charge on any atom is -0.489 e. The van der Waals surface area contributed by atoms with Gasteiger partial charge in [-0.15, -0.1) is 0 Å². The maximum absolute atomic E-state index is 13.2. The topological polar surface area (TPSA) is 65.9 Å². The lowest BCUT2D eigenvalue weighted by Gasteiger charge is -2.09. The molecule has 0 radical (unpaired) electrons. The van der Waals surface area contributed by atoms with Crippen LogP contribution >= 0.6 is 0 Å². The highest BCUT2D eigenvalue weighted by Gasteiger charge is 2.10. The van der Waals surface area contributed by atoms with Crippen LogP contribution in [0.2, 0.25) is 0 Å². The number of aromatic nitrogens is 1. The lowest BCUT2D eigenvalue weighted by molar-refractivity contribution is 0.304. The van der Waals surface area contributed by atoms with E-state index in [9.17, 15) is 14.4 Å². The van der Waals surface area contributed by atoms with Gasteiger partial charge in [0.05, 0.1) is 0 Å². The summed E-state index contributed by atoms with van der Waals surface area (Å²) in [5.41, 5.74) is 2.54. The number of benzene rings is 2. The van der Waals surface area contributed by atoms with Crippen LogP contribution in [0.3, 0.4) is 0 Å². The molecule has 1 N–H and O–H groups in total. The van der Waals surface area contributed by atoms with Crippen molar-refractivity contribution in [3.8, 4) is 22.9 Å². The standard InChI is InChI=1S/C20H15FN2O2/c1-13-8-18(19(11-22)20(24)23-13)15-5-2-4-14(9-15)12-25-17-7-3-6-16(21)10-17/h2-10H,12H2,1H3,(H,23,24). The molecule has 0 spiro atoms. The number of aryl methyl sites for hydroxylation is 1. The molecule has 0 saturated carbocycles. The van der Waals surface area contributed by atoms with E-state index in [0.29, 0.717) is 17.0 Å². The molecule has 0 atom stereocenters. The fourth-order valence-corrected chi connectivity index (χ4v) is 2.58. The highest BCUT2D eigenvalue weighted by Crippen LogP contribution is 2.23. The van der Waals surface area contributed by atoms with Crippen LogP contribution in [0.1, 0.15) is 16.8 Å². The molecule has 3 rings (SSSR count). The number of hydrogen-bond donors (Lipinski definition) is 1. The molecule has 3 aromatic rings. The van der Waals surface area contributed by atoms with E-state index in [-0.39, 0.29) is 18.0 Å². The molecular weight excluding hydrogens is 319 g/mol. The SMILES string of the molecule is Cc1cc(-c2cccc(COc3cccc(F)c3)c2)c(C#N)c(=O)[nH]1. The zero-order chi connectivity index (χ0) is 17.8. The van der Waals surface area contributed by atoms with Crippen molar-refractivity contribution >= 4 is 0 Å². The molecule has 25 heavy (non-hydrogen) atoms. The average molecular weight is 334 g/mol. The summed E-state index contributed by atoms with van der Waals surface area (Å²) in [7, 11) is 0. The summed E-state index contributed by atoms with van der Waals surface area (Å²) >= 11 is 0. The van der Waals surface area contributed by atoms with Crippen molar-refractivity contribution in [3.63, 3.8) is 0 Å². The van der Waals surface area contributed by atoms with Crippen LogP contribution in [0.25, 0.3) is 11.1 Å². The van der Waals surface area contributed by atoms with E-state index in [1.54, 1.807) is 25.1 Å². The second-order valence-electron chi connectivity index (χ2n) is 5.63. The highest BCUT2D eigenvalue weighted by molar-refractivity contribution is 5.70. The monoisotopic (exact) mass is 334 g/mol. The predicted octanol–water partition coefficient (Wildman–Crippen LogP) is 3.94. The van der Waals surface area contributed by atoms with Crippen molar-refractivity contribution in [1.82, 2.24) is 4.98 Å². The molecule has 0 aliphatic rings. The van der Waals surface area contributed by atoms with Gasteiger partial charge in [0, 0.05) is 17.3 Å². The van der Waals surface area contributed by atoms with Gasteiger partial charge in [-0.25, -0.2) is 4.39 Å². The van der Waals surface area contributed by atoms with Crippen molar-refractivity contribution in [2.75, 3.05) is 0 Å². The second kappa shape index (κ2) is 7.02. The van der Waals surface area contributed by atoms with Gasteiger partial charge in [0.15, 0.2) is 0 Å². The summed E-state index contributed by atoms with van der Waals surface area (Å²) in [6.45, 7) is 2.02. The Labute approximate surface area is 144 Å². The molecule has 0 aliphatic carbocycles. The van der Waals surface area contributed by atoms with E-state index in [4.69, 9.17) is 4.74 Å². The van der Waals surface area contributed by atoms with Crippen molar-refractivity contribution < 1.29 is 9.13 Å². The summed E-state index contributed by atoms with van der Waals surface area (Å²) in [5.74, 6) is 0.0824. The van der Waals surface area contributed by atoms with Crippen molar-refractivity contribution in [2.45, 2.75) is 13.5 Å². The third-order valence-corrected chi connectivity index (χ3v) is 3.72. The number of nitriles is 1. The van der Waals surface area contributed by atoms with E-state index in [1.807, 2.05) is 30.3 Å². The Kier molecular flexibility index (Phi) is 4.62. The van der Waals surface area contributed by atoms with Crippen LogP contribution in [-0.2, 0) is 6.61 Å². The molecule has 2 aromatic carbocycles. The van der Waals surface area contributed by atoms with E-state index >= 15 is 0 Å². The largest absolute Gasteiger partial charge is 0.489 e. The molecule has 0 saturated heterocycles. The molecule has 0 amide bonds. The van der Waals surface area contributed by atoms with Crippen LogP contribution in [-0.4, -0.2) is 4.98 Å². The summed E-state index contributed by atoms with van der Waals surface area (Å²) in [6, 6.07) is 17.1. The number of H-pyrrole nitrogens is 1. The Bertz CT molecular complexity index is 1020. The highest BCUT2D eigenvalue weighted by atomic mass is 19.1. The third kappa shape index (κ3) is 3.75. The van der Waals surface area contributed by atoms with E-state index in [1.165, 1.54) is 12.1 Å². The Morgan fingerprint density at radius 2 is 1.96 bits per heavy atom. The molecule has 0 aliphatic heterocycles. The number of nitrogens with one attached hydrogen (secondary N) is 1. The normalized spacial score (nSPS) is 10.3. The number of hydrogen-bond acceptors (Lipinski definition) is 3. The maximum atomic E-state index is 13.2. The van der Waals surface area contributed by atoms with Crippen LogP contribution in [0.4, 0.5) is 4.39 Å². The Morgan fingerprint density at radius 1 is 1.16 bits per heavy atom. The Balaban J connectivity index is 1.90. The number of aromatic amines is 1. The minimum absolute atomic E-state index is 0.0776. The second-order valence-corrected chi connectivity index (χ2v) is 5.63. The first-order valence-corrected chi connectivity index (χ1v) is 7.68. The number of ether oxygens (including phenoxy) is 1. The van der Waals surface area contributed by atoms with Crippen molar-refractivity contribution in [1.29, 1.82) is 5.26 Å². The number of nitrogens with zero attached hydrogens (tertiary/aromatic N) is 1. The van der Waals surface area contributed by atoms with Crippen LogP contribution < -0.4 is 10.3 Å². The molecule has 124 valence electrons. The maximum Gasteiger partial charge on any atom is 0.266 e. The fraction of sp³-hybridized carbons (Fsp3) is 0.100. The molecule has 5 heteroatoms. The first-order valence-electron chi connectivity index (χ1n) is 7.68. The zero-order valence-corrected chi connectivity index (χ0v) is 13.5. The smallest absolute Gasteiger partial charge is 0.266 e. The summed E-state index contributed by atoms with van der Waals surface area (Å²) in [4.78, 5) is 14.6. The molecule has 4 nitrogen and oxygen atoms in total. The molecular formula is C20H15FN2O2. The molecule has 1 aromatic heterocycles. The summed E-state index contributed by atoms with van der Waals surface area (Å²) < 4.78 is 18.8. The molecule has 0 bridgehead atoms. The van der Waals surface area contributed by atoms with Gasteiger partial charge in [-0.2, -0.15) is 5.26 Å². The van der Waals surface area contributed by atoms with Crippen molar-refractivity contribution in [2.24, 2.45) is 0 Å². The van der Waals surface area contributed by atoms with E-state index < -0.39 is 5.56 Å². The fourth-order valence-electron chi connectivity index (χ4n) is 2.58. The quantitative estimate of drug-likeness (QED) is 0.786. The average Bonchev–Trinajstić information content (AvgIpc) is 2.60. The van der Waals surface area contributed by atoms with E-state index in [0.717, 1.165) is 11.1 Å². The van der Waals surface area contributed by atoms with Crippen LogP contribution in [0.5, 0.6) is 5.75 Å².